The highest BCUT2D eigenvalue weighted by Gasteiger charge is 2.20. The fourth-order valence-corrected chi connectivity index (χ4v) is 2.24. The van der Waals surface area contributed by atoms with Gasteiger partial charge in [-0.1, -0.05) is 45.0 Å². The Kier molecular flexibility index (Phi) is 5.66. The number of hydrogen-bond donors (Lipinski definition) is 1. The Hall–Kier alpha value is -0.860. The normalized spacial score (nSPS) is 14.9. The van der Waals surface area contributed by atoms with Gasteiger partial charge in [-0.3, -0.25) is 0 Å². The molecule has 1 aromatic rings. The zero-order chi connectivity index (χ0) is 12.8. The van der Waals surface area contributed by atoms with Crippen LogP contribution < -0.4 is 5.73 Å². The molecule has 0 aromatic heterocycles. The van der Waals surface area contributed by atoms with Crippen LogP contribution in [-0.2, 0) is 17.6 Å². The Morgan fingerprint density at radius 1 is 1.12 bits per heavy atom. The lowest BCUT2D eigenvalue weighted by Gasteiger charge is -2.26. The highest BCUT2D eigenvalue weighted by atomic mass is 16.5. The smallest absolute Gasteiger partial charge is 0.0748 e. The number of hydrogen-bond acceptors (Lipinski definition) is 2. The summed E-state index contributed by atoms with van der Waals surface area (Å²) in [4.78, 5) is 0. The first-order chi connectivity index (χ1) is 8.08. The summed E-state index contributed by atoms with van der Waals surface area (Å²) >= 11 is 0. The molecule has 0 fully saturated rings. The minimum atomic E-state index is 0.0625. The Morgan fingerprint density at radius 3 is 2.06 bits per heavy atom. The summed E-state index contributed by atoms with van der Waals surface area (Å²) in [5.41, 5.74) is 8.87. The molecule has 0 saturated heterocycles. The maximum atomic E-state index is 6.21. The molecule has 0 aliphatic carbocycles. The van der Waals surface area contributed by atoms with Gasteiger partial charge in [0, 0.05) is 13.2 Å². The Morgan fingerprint density at radius 2 is 1.65 bits per heavy atom. The minimum Gasteiger partial charge on any atom is -0.380 e. The van der Waals surface area contributed by atoms with Gasteiger partial charge in [-0.05, 0) is 29.9 Å². The molecule has 1 rings (SSSR count). The van der Waals surface area contributed by atoms with Crippen LogP contribution in [0.1, 0.15) is 31.9 Å². The molecule has 0 saturated carbocycles. The molecule has 96 valence electrons. The molecule has 0 bridgehead atoms. The van der Waals surface area contributed by atoms with Crippen molar-refractivity contribution in [2.24, 2.45) is 11.7 Å². The van der Waals surface area contributed by atoms with E-state index in [1.165, 1.54) is 11.1 Å². The first-order valence-electron chi connectivity index (χ1n) is 6.44. The van der Waals surface area contributed by atoms with Crippen LogP contribution in [0.4, 0.5) is 0 Å². The third-order valence-electron chi connectivity index (χ3n) is 3.25. The number of methoxy groups -OCH3 is 1. The number of rotatable bonds is 6. The van der Waals surface area contributed by atoms with E-state index in [-0.39, 0.29) is 12.1 Å². The average molecular weight is 235 g/mol. The molecule has 0 radical (unpaired) electrons. The second-order valence-electron chi connectivity index (χ2n) is 4.98. The fourth-order valence-electron chi connectivity index (χ4n) is 2.24. The largest absolute Gasteiger partial charge is 0.380 e. The Balaban J connectivity index is 2.63. The van der Waals surface area contributed by atoms with Gasteiger partial charge in [-0.25, -0.2) is 0 Å². The van der Waals surface area contributed by atoms with Crippen molar-refractivity contribution in [2.45, 2.75) is 45.8 Å². The van der Waals surface area contributed by atoms with Crippen molar-refractivity contribution < 1.29 is 4.74 Å². The molecule has 0 aliphatic heterocycles. The van der Waals surface area contributed by atoms with Gasteiger partial charge in [0.1, 0.15) is 0 Å². The molecule has 2 nitrogen and oxygen atoms in total. The lowest BCUT2D eigenvalue weighted by Crippen LogP contribution is -2.41. The quantitative estimate of drug-likeness (QED) is 0.823. The topological polar surface area (TPSA) is 35.2 Å². The molecule has 1 aromatic carbocycles. The van der Waals surface area contributed by atoms with Crippen molar-refractivity contribution in [3.8, 4) is 0 Å². The molecule has 2 atom stereocenters. The molecule has 0 aliphatic rings. The van der Waals surface area contributed by atoms with Crippen LogP contribution in [0.25, 0.3) is 0 Å². The van der Waals surface area contributed by atoms with E-state index in [9.17, 15) is 0 Å². The van der Waals surface area contributed by atoms with Crippen molar-refractivity contribution in [1.82, 2.24) is 0 Å². The summed E-state index contributed by atoms with van der Waals surface area (Å²) in [6.07, 6.45) is 2.08. The van der Waals surface area contributed by atoms with Crippen LogP contribution in [0.3, 0.4) is 0 Å². The molecule has 2 unspecified atom stereocenters. The van der Waals surface area contributed by atoms with Gasteiger partial charge in [0.05, 0.1) is 6.10 Å². The molecule has 0 amide bonds. The number of aryl methyl sites for hydroxylation is 1. The van der Waals surface area contributed by atoms with Gasteiger partial charge in [0.2, 0.25) is 0 Å². The Bertz CT molecular complexity index is 318. The monoisotopic (exact) mass is 235 g/mol. The molecule has 0 spiro atoms. The van der Waals surface area contributed by atoms with Crippen molar-refractivity contribution in [3.63, 3.8) is 0 Å². The van der Waals surface area contributed by atoms with Crippen molar-refractivity contribution in [1.29, 1.82) is 0 Å². The van der Waals surface area contributed by atoms with E-state index < -0.39 is 0 Å². The summed E-state index contributed by atoms with van der Waals surface area (Å²) in [6, 6.07) is 8.77. The van der Waals surface area contributed by atoms with Gasteiger partial charge < -0.3 is 10.5 Å². The predicted molar refractivity (Wildman–Crippen MR) is 73.1 cm³/mol. The predicted octanol–water partition coefficient (Wildman–Crippen LogP) is 2.79. The third-order valence-corrected chi connectivity index (χ3v) is 3.25. The van der Waals surface area contributed by atoms with E-state index in [0.29, 0.717) is 5.92 Å². The lowest BCUT2D eigenvalue weighted by atomic mass is 9.94. The molecular formula is C15H25NO. The Labute approximate surface area is 105 Å². The standard InChI is InChI=1S/C15H25NO/c1-5-12-6-8-13(9-7-12)10-14(16)15(17-4)11(2)3/h6-9,11,14-15H,5,10,16H2,1-4H3. The summed E-state index contributed by atoms with van der Waals surface area (Å²) < 4.78 is 5.47. The highest BCUT2D eigenvalue weighted by Crippen LogP contribution is 2.14. The number of benzene rings is 1. The van der Waals surface area contributed by atoms with Gasteiger partial charge in [-0.15, -0.1) is 0 Å². The van der Waals surface area contributed by atoms with Gasteiger partial charge in [-0.2, -0.15) is 0 Å². The second kappa shape index (κ2) is 6.77. The summed E-state index contributed by atoms with van der Waals surface area (Å²) in [6.45, 7) is 6.46. The summed E-state index contributed by atoms with van der Waals surface area (Å²) in [5.74, 6) is 0.449. The average Bonchev–Trinajstić information content (AvgIpc) is 2.30. The van der Waals surface area contributed by atoms with Gasteiger partial charge in [0.15, 0.2) is 0 Å². The molecule has 2 heteroatoms. The SMILES string of the molecule is CCc1ccc(CC(N)C(OC)C(C)C)cc1. The van der Waals surface area contributed by atoms with Crippen molar-refractivity contribution >= 4 is 0 Å². The second-order valence-corrected chi connectivity index (χ2v) is 4.98. The lowest BCUT2D eigenvalue weighted by molar-refractivity contribution is 0.0441. The molecular weight excluding hydrogens is 210 g/mol. The number of nitrogens with two attached hydrogens (primary N) is 1. The minimum absolute atomic E-state index is 0.0625. The van der Waals surface area contributed by atoms with Crippen LogP contribution >= 0.6 is 0 Å². The van der Waals surface area contributed by atoms with Crippen LogP contribution in [-0.4, -0.2) is 19.3 Å². The van der Waals surface area contributed by atoms with Crippen molar-refractivity contribution in [3.05, 3.63) is 35.4 Å². The van der Waals surface area contributed by atoms with E-state index in [4.69, 9.17) is 10.5 Å². The maximum absolute atomic E-state index is 6.21. The van der Waals surface area contributed by atoms with E-state index in [0.717, 1.165) is 12.8 Å². The zero-order valence-corrected chi connectivity index (χ0v) is 11.4. The van der Waals surface area contributed by atoms with E-state index >= 15 is 0 Å². The molecule has 2 N–H and O–H groups in total. The van der Waals surface area contributed by atoms with Gasteiger partial charge >= 0.3 is 0 Å². The highest BCUT2D eigenvalue weighted by molar-refractivity contribution is 5.23. The maximum Gasteiger partial charge on any atom is 0.0748 e. The van der Waals surface area contributed by atoms with E-state index in [1.54, 1.807) is 7.11 Å². The molecule has 0 heterocycles. The number of ether oxygens (including phenoxy) is 1. The van der Waals surface area contributed by atoms with Crippen LogP contribution in [0, 0.1) is 5.92 Å². The first-order valence-corrected chi connectivity index (χ1v) is 6.44. The van der Waals surface area contributed by atoms with Crippen LogP contribution in [0.2, 0.25) is 0 Å². The van der Waals surface area contributed by atoms with E-state index in [1.807, 2.05) is 0 Å². The fraction of sp³-hybridized carbons (Fsp3) is 0.600. The summed E-state index contributed by atoms with van der Waals surface area (Å²) in [5, 5.41) is 0. The first kappa shape index (κ1) is 14.2. The van der Waals surface area contributed by atoms with Gasteiger partial charge in [0.25, 0.3) is 0 Å². The summed E-state index contributed by atoms with van der Waals surface area (Å²) in [7, 11) is 1.74. The van der Waals surface area contributed by atoms with E-state index in [2.05, 4.69) is 45.0 Å². The van der Waals surface area contributed by atoms with Crippen LogP contribution in [0.15, 0.2) is 24.3 Å². The molecule has 17 heavy (non-hydrogen) atoms. The van der Waals surface area contributed by atoms with Crippen LogP contribution in [0.5, 0.6) is 0 Å². The van der Waals surface area contributed by atoms with Crippen molar-refractivity contribution in [2.75, 3.05) is 7.11 Å². The zero-order valence-electron chi connectivity index (χ0n) is 11.4. The third kappa shape index (κ3) is 4.14.